The lowest BCUT2D eigenvalue weighted by atomic mass is 10.3. The summed E-state index contributed by atoms with van der Waals surface area (Å²) in [6, 6.07) is -0.0438. The van der Waals surface area contributed by atoms with Crippen LogP contribution in [-0.2, 0) is 9.53 Å². The number of carboxylic acids is 1. The zero-order valence-electron chi connectivity index (χ0n) is 11.1. The number of carbonyl (C=O) groups is 2. The highest BCUT2D eigenvalue weighted by molar-refractivity contribution is 5.74. The molecule has 2 amide bonds. The molecule has 1 saturated heterocycles. The molecule has 1 aliphatic rings. The number of carboxylic acid groups (broad SMARTS) is 1. The minimum Gasteiger partial charge on any atom is -0.481 e. The zero-order valence-corrected chi connectivity index (χ0v) is 11.1. The smallest absolute Gasteiger partial charge is 0.319 e. The van der Waals surface area contributed by atoms with E-state index in [1.807, 2.05) is 6.92 Å². The second kappa shape index (κ2) is 7.20. The van der Waals surface area contributed by atoms with E-state index < -0.39 is 5.97 Å². The van der Waals surface area contributed by atoms with Crippen molar-refractivity contribution in [1.29, 1.82) is 0 Å². The molecule has 0 aromatic carbocycles. The summed E-state index contributed by atoms with van der Waals surface area (Å²) in [5, 5.41) is 8.56. The first-order valence-electron chi connectivity index (χ1n) is 6.34. The SMILES string of the molecule is CC1CN(C(=O)N(C)CCCC(=O)O)CCCO1. The summed E-state index contributed by atoms with van der Waals surface area (Å²) < 4.78 is 5.49. The van der Waals surface area contributed by atoms with Crippen molar-refractivity contribution < 1.29 is 19.4 Å². The van der Waals surface area contributed by atoms with Crippen molar-refractivity contribution in [3.63, 3.8) is 0 Å². The Morgan fingerprint density at radius 2 is 2.22 bits per heavy atom. The summed E-state index contributed by atoms with van der Waals surface area (Å²) in [4.78, 5) is 25.9. The van der Waals surface area contributed by atoms with Crippen molar-refractivity contribution in [1.82, 2.24) is 9.80 Å². The lowest BCUT2D eigenvalue weighted by molar-refractivity contribution is -0.137. The van der Waals surface area contributed by atoms with E-state index in [9.17, 15) is 9.59 Å². The van der Waals surface area contributed by atoms with Gasteiger partial charge in [-0.15, -0.1) is 0 Å². The molecular weight excluding hydrogens is 236 g/mol. The van der Waals surface area contributed by atoms with Crippen LogP contribution in [0.25, 0.3) is 0 Å². The zero-order chi connectivity index (χ0) is 13.5. The Kier molecular flexibility index (Phi) is 5.91. The third-order valence-electron chi connectivity index (χ3n) is 2.93. The molecule has 0 bridgehead atoms. The van der Waals surface area contributed by atoms with E-state index in [1.54, 1.807) is 16.8 Å². The van der Waals surface area contributed by atoms with Gasteiger partial charge >= 0.3 is 12.0 Å². The molecule has 1 aliphatic heterocycles. The fourth-order valence-corrected chi connectivity index (χ4v) is 1.97. The van der Waals surface area contributed by atoms with Gasteiger partial charge in [-0.05, 0) is 19.8 Å². The Morgan fingerprint density at radius 1 is 1.50 bits per heavy atom. The first-order valence-corrected chi connectivity index (χ1v) is 6.34. The molecule has 0 radical (unpaired) electrons. The number of nitrogens with zero attached hydrogens (tertiary/aromatic N) is 2. The lowest BCUT2D eigenvalue weighted by Gasteiger charge is -2.27. The summed E-state index contributed by atoms with van der Waals surface area (Å²) in [6.45, 7) is 4.41. The van der Waals surface area contributed by atoms with Gasteiger partial charge in [-0.3, -0.25) is 4.79 Å². The molecule has 6 heteroatoms. The third kappa shape index (κ3) is 4.91. The van der Waals surface area contributed by atoms with Crippen LogP contribution in [0.3, 0.4) is 0 Å². The summed E-state index contributed by atoms with van der Waals surface area (Å²) >= 11 is 0. The van der Waals surface area contributed by atoms with Gasteiger partial charge in [0.15, 0.2) is 0 Å². The van der Waals surface area contributed by atoms with E-state index in [4.69, 9.17) is 9.84 Å². The molecule has 6 nitrogen and oxygen atoms in total. The summed E-state index contributed by atoms with van der Waals surface area (Å²) in [5.41, 5.74) is 0. The Morgan fingerprint density at radius 3 is 2.89 bits per heavy atom. The van der Waals surface area contributed by atoms with Crippen LogP contribution in [0.2, 0.25) is 0 Å². The van der Waals surface area contributed by atoms with Gasteiger partial charge in [0.2, 0.25) is 0 Å². The maximum absolute atomic E-state index is 12.1. The van der Waals surface area contributed by atoms with E-state index >= 15 is 0 Å². The van der Waals surface area contributed by atoms with Gasteiger partial charge < -0.3 is 19.6 Å². The molecule has 1 N–H and O–H groups in total. The second-order valence-corrected chi connectivity index (χ2v) is 4.68. The number of hydrogen-bond acceptors (Lipinski definition) is 3. The van der Waals surface area contributed by atoms with Crippen molar-refractivity contribution in [2.75, 3.05) is 33.3 Å². The maximum Gasteiger partial charge on any atom is 0.319 e. The molecule has 1 heterocycles. The Balaban J connectivity index is 2.38. The average molecular weight is 258 g/mol. The van der Waals surface area contributed by atoms with Crippen LogP contribution >= 0.6 is 0 Å². The van der Waals surface area contributed by atoms with Crippen LogP contribution in [0, 0.1) is 0 Å². The Labute approximate surface area is 107 Å². The number of aliphatic carboxylic acids is 1. The predicted octanol–water partition coefficient (Wildman–Crippen LogP) is 1.01. The highest BCUT2D eigenvalue weighted by Crippen LogP contribution is 2.08. The standard InChI is InChI=1S/C12H22N2O4/c1-10-9-14(7-4-8-18-10)12(17)13(2)6-3-5-11(15)16/h10H,3-9H2,1-2H3,(H,15,16). The Bertz CT molecular complexity index is 296. The van der Waals surface area contributed by atoms with Crippen LogP contribution in [0.5, 0.6) is 0 Å². The van der Waals surface area contributed by atoms with Crippen LogP contribution in [-0.4, -0.2) is 66.3 Å². The van der Waals surface area contributed by atoms with Gasteiger partial charge in [0, 0.05) is 39.7 Å². The van der Waals surface area contributed by atoms with Gasteiger partial charge in [0.1, 0.15) is 0 Å². The molecule has 18 heavy (non-hydrogen) atoms. The molecule has 1 atom stereocenters. The molecule has 104 valence electrons. The second-order valence-electron chi connectivity index (χ2n) is 4.68. The average Bonchev–Trinajstić information content (AvgIpc) is 2.52. The molecule has 1 fully saturated rings. The first-order chi connectivity index (χ1) is 8.50. The monoisotopic (exact) mass is 258 g/mol. The van der Waals surface area contributed by atoms with E-state index in [-0.39, 0.29) is 18.6 Å². The van der Waals surface area contributed by atoms with E-state index in [2.05, 4.69) is 0 Å². The Hall–Kier alpha value is -1.30. The van der Waals surface area contributed by atoms with Gasteiger partial charge in [-0.25, -0.2) is 4.79 Å². The largest absolute Gasteiger partial charge is 0.481 e. The minimum atomic E-state index is -0.826. The van der Waals surface area contributed by atoms with E-state index in [0.717, 1.165) is 6.42 Å². The van der Waals surface area contributed by atoms with Gasteiger partial charge in [-0.1, -0.05) is 0 Å². The van der Waals surface area contributed by atoms with E-state index in [0.29, 0.717) is 32.7 Å². The highest BCUT2D eigenvalue weighted by Gasteiger charge is 2.22. The first kappa shape index (κ1) is 14.8. The normalized spacial score (nSPS) is 20.3. The molecular formula is C12H22N2O4. The third-order valence-corrected chi connectivity index (χ3v) is 2.93. The molecule has 0 aromatic heterocycles. The van der Waals surface area contributed by atoms with Crippen molar-refractivity contribution in [3.8, 4) is 0 Å². The number of amides is 2. The number of urea groups is 1. The molecule has 1 unspecified atom stereocenters. The lowest BCUT2D eigenvalue weighted by Crippen LogP contribution is -2.44. The van der Waals surface area contributed by atoms with Crippen LogP contribution in [0.4, 0.5) is 4.79 Å². The topological polar surface area (TPSA) is 70.1 Å². The number of carbonyl (C=O) groups excluding carboxylic acids is 1. The number of rotatable bonds is 4. The number of ether oxygens (including phenoxy) is 1. The quantitative estimate of drug-likeness (QED) is 0.817. The summed E-state index contributed by atoms with van der Waals surface area (Å²) in [6.07, 6.45) is 1.48. The molecule has 1 rings (SSSR count). The highest BCUT2D eigenvalue weighted by atomic mass is 16.5. The predicted molar refractivity (Wildman–Crippen MR) is 66.5 cm³/mol. The van der Waals surface area contributed by atoms with Gasteiger partial charge in [0.05, 0.1) is 6.10 Å². The fraction of sp³-hybridized carbons (Fsp3) is 0.833. The molecule has 0 aromatic rings. The van der Waals surface area contributed by atoms with Crippen molar-refractivity contribution in [3.05, 3.63) is 0 Å². The van der Waals surface area contributed by atoms with Gasteiger partial charge in [-0.2, -0.15) is 0 Å². The van der Waals surface area contributed by atoms with Crippen molar-refractivity contribution in [2.24, 2.45) is 0 Å². The maximum atomic E-state index is 12.1. The molecule has 0 spiro atoms. The van der Waals surface area contributed by atoms with Crippen molar-refractivity contribution in [2.45, 2.75) is 32.3 Å². The number of hydrogen-bond donors (Lipinski definition) is 1. The fourth-order valence-electron chi connectivity index (χ4n) is 1.97. The molecule has 0 saturated carbocycles. The van der Waals surface area contributed by atoms with Crippen LogP contribution in [0.15, 0.2) is 0 Å². The van der Waals surface area contributed by atoms with Crippen LogP contribution < -0.4 is 0 Å². The molecule has 0 aliphatic carbocycles. The van der Waals surface area contributed by atoms with Crippen LogP contribution in [0.1, 0.15) is 26.2 Å². The van der Waals surface area contributed by atoms with E-state index in [1.165, 1.54) is 0 Å². The van der Waals surface area contributed by atoms with Crippen molar-refractivity contribution >= 4 is 12.0 Å². The summed E-state index contributed by atoms with van der Waals surface area (Å²) in [5.74, 6) is -0.826. The van der Waals surface area contributed by atoms with Gasteiger partial charge in [0.25, 0.3) is 0 Å². The summed E-state index contributed by atoms with van der Waals surface area (Å²) in [7, 11) is 1.71. The minimum absolute atomic E-state index is 0.0438.